The largest absolute Gasteiger partial charge is 0.387 e. The number of alkyl halides is 1. The fraction of sp³-hybridized carbons (Fsp3) is 0.444. The predicted octanol–water partition coefficient (Wildman–Crippen LogP) is -1.29. The van der Waals surface area contributed by atoms with Crippen LogP contribution >= 0.6 is 22.6 Å². The highest BCUT2D eigenvalue weighted by Crippen LogP contribution is 2.33. The molecule has 2 aromatic rings. The van der Waals surface area contributed by atoms with Gasteiger partial charge in [0.15, 0.2) is 17.4 Å². The number of anilines is 1. The highest BCUT2D eigenvalue weighted by atomic mass is 127. The first-order valence-corrected chi connectivity index (χ1v) is 6.61. The first-order valence-electron chi connectivity index (χ1n) is 5.37. The summed E-state index contributed by atoms with van der Waals surface area (Å²) >= 11 is 1.87. The minimum atomic E-state index is -1.14. The van der Waals surface area contributed by atoms with Gasteiger partial charge in [0.05, 0.1) is 6.33 Å². The Hall–Kier alpha value is -1.24. The molecule has 0 spiro atoms. The molecule has 102 valence electrons. The molecule has 1 fully saturated rings. The molecule has 1 aliphatic rings. The molecular formula is C9H10IN5O4. The number of nitrogens with two attached hydrogens (primary N) is 1. The molecule has 0 aromatic carbocycles. The molecule has 1 saturated heterocycles. The number of fused-ring (bicyclic) bond motifs is 1. The maximum absolute atomic E-state index is 11.6. The van der Waals surface area contributed by atoms with Gasteiger partial charge in [-0.1, -0.05) is 0 Å². The number of aromatic nitrogens is 4. The minimum Gasteiger partial charge on any atom is -0.387 e. The summed E-state index contributed by atoms with van der Waals surface area (Å²) in [5.41, 5.74) is 5.30. The number of ether oxygens (including phenoxy) is 1. The smallest absolute Gasteiger partial charge is 0.280 e. The van der Waals surface area contributed by atoms with E-state index < -0.39 is 28.1 Å². The van der Waals surface area contributed by atoms with E-state index in [-0.39, 0.29) is 17.1 Å². The molecule has 0 aliphatic carbocycles. The molecule has 2 aromatic heterocycles. The van der Waals surface area contributed by atoms with E-state index in [0.717, 1.165) is 0 Å². The van der Waals surface area contributed by atoms with Gasteiger partial charge in [-0.15, -0.1) is 0 Å². The number of imidazole rings is 1. The second-order valence-electron chi connectivity index (χ2n) is 4.13. The molecule has 0 bridgehead atoms. The number of nitrogens with one attached hydrogen (secondary N) is 1. The van der Waals surface area contributed by atoms with Crippen LogP contribution in [0.5, 0.6) is 0 Å². The Bertz CT molecular complexity index is 685. The van der Waals surface area contributed by atoms with Crippen LogP contribution in [0, 0.1) is 0 Å². The molecule has 4 atom stereocenters. The first-order chi connectivity index (χ1) is 8.99. The molecule has 0 saturated carbocycles. The second-order valence-corrected chi connectivity index (χ2v) is 5.36. The summed E-state index contributed by atoms with van der Waals surface area (Å²) in [7, 11) is 0. The number of hydrogen-bond donors (Lipinski definition) is 4. The van der Waals surface area contributed by atoms with Crippen LogP contribution in [0.2, 0.25) is 0 Å². The monoisotopic (exact) mass is 379 g/mol. The van der Waals surface area contributed by atoms with E-state index in [1.807, 2.05) is 22.6 Å². The Kier molecular flexibility index (Phi) is 2.96. The molecule has 3 rings (SSSR count). The summed E-state index contributed by atoms with van der Waals surface area (Å²) in [6.45, 7) is 0. The van der Waals surface area contributed by atoms with Crippen LogP contribution in [0.15, 0.2) is 11.1 Å². The third kappa shape index (κ3) is 1.91. The second kappa shape index (κ2) is 4.40. The third-order valence-corrected chi connectivity index (χ3v) is 3.94. The van der Waals surface area contributed by atoms with Gasteiger partial charge in [0.1, 0.15) is 16.3 Å². The number of aliphatic hydroxyl groups is 2. The average Bonchev–Trinajstić information content (AvgIpc) is 2.86. The van der Waals surface area contributed by atoms with Crippen molar-refractivity contribution in [3.63, 3.8) is 0 Å². The summed E-state index contributed by atoms with van der Waals surface area (Å²) < 4.78 is 6.26. The van der Waals surface area contributed by atoms with Gasteiger partial charge in [0.25, 0.3) is 5.56 Å². The van der Waals surface area contributed by atoms with Crippen LogP contribution in [0.4, 0.5) is 5.95 Å². The Morgan fingerprint density at radius 2 is 2.21 bits per heavy atom. The van der Waals surface area contributed by atoms with E-state index in [0.29, 0.717) is 0 Å². The molecule has 9 nitrogen and oxygen atoms in total. The number of H-pyrrole nitrogens is 1. The Balaban J connectivity index is 2.14. The van der Waals surface area contributed by atoms with Gasteiger partial charge < -0.3 is 20.7 Å². The zero-order chi connectivity index (χ0) is 13.7. The van der Waals surface area contributed by atoms with Crippen LogP contribution in [-0.2, 0) is 4.74 Å². The number of hydrogen-bond acceptors (Lipinski definition) is 7. The first kappa shape index (κ1) is 12.8. The van der Waals surface area contributed by atoms with Crippen LogP contribution in [0.1, 0.15) is 6.23 Å². The Labute approximate surface area is 119 Å². The average molecular weight is 379 g/mol. The number of halogens is 1. The van der Waals surface area contributed by atoms with Crippen LogP contribution in [0.3, 0.4) is 0 Å². The third-order valence-electron chi connectivity index (χ3n) is 2.90. The van der Waals surface area contributed by atoms with Crippen molar-refractivity contribution >= 4 is 39.7 Å². The SMILES string of the molecule is Nc1nc2c(ncn2[C@@H]2O[C@H](I)[C@@H](O)[C@H]2O)c(=O)[nH]1. The highest BCUT2D eigenvalue weighted by molar-refractivity contribution is 14.1. The molecule has 5 N–H and O–H groups in total. The molecule has 0 unspecified atom stereocenters. The number of nitrogens with zero attached hydrogens (tertiary/aromatic N) is 3. The van der Waals surface area contributed by atoms with E-state index in [4.69, 9.17) is 10.5 Å². The lowest BCUT2D eigenvalue weighted by Gasteiger charge is -2.16. The lowest BCUT2D eigenvalue weighted by Crippen LogP contribution is -2.29. The van der Waals surface area contributed by atoms with Crippen molar-refractivity contribution in [1.29, 1.82) is 0 Å². The molecule has 10 heteroatoms. The van der Waals surface area contributed by atoms with Gasteiger partial charge >= 0.3 is 0 Å². The summed E-state index contributed by atoms with van der Waals surface area (Å²) in [6, 6.07) is 0. The highest BCUT2D eigenvalue weighted by Gasteiger charge is 2.43. The Morgan fingerprint density at radius 1 is 1.47 bits per heavy atom. The van der Waals surface area contributed by atoms with E-state index in [1.54, 1.807) is 0 Å². The molecule has 1 aliphatic heterocycles. The maximum atomic E-state index is 11.6. The van der Waals surface area contributed by atoms with Crippen molar-refractivity contribution in [3.8, 4) is 0 Å². The molecule has 19 heavy (non-hydrogen) atoms. The van der Waals surface area contributed by atoms with Crippen LogP contribution in [-0.4, -0.2) is 46.1 Å². The zero-order valence-electron chi connectivity index (χ0n) is 9.39. The van der Waals surface area contributed by atoms with E-state index in [9.17, 15) is 15.0 Å². The van der Waals surface area contributed by atoms with Gasteiger partial charge in [0, 0.05) is 0 Å². The fourth-order valence-corrected chi connectivity index (χ4v) is 2.70. The van der Waals surface area contributed by atoms with Gasteiger partial charge in [-0.3, -0.25) is 14.3 Å². The zero-order valence-corrected chi connectivity index (χ0v) is 11.6. The number of aromatic amines is 1. The minimum absolute atomic E-state index is 0.0571. The topological polar surface area (TPSA) is 139 Å². The van der Waals surface area contributed by atoms with Crippen LogP contribution in [0.25, 0.3) is 11.2 Å². The standard InChI is InChI=1S/C9H10IN5O4/c10-5-3(16)4(17)8(19-5)15-1-12-2-6(15)13-9(11)14-7(2)18/h1,3-5,8,16-17H,(H3,11,13,14,18)/t3-,4+,5-,8+/m0/s1. The summed E-state index contributed by atoms with van der Waals surface area (Å²) in [6.07, 6.45) is -1.71. The molecule has 3 heterocycles. The molecule has 0 amide bonds. The van der Waals surface area contributed by atoms with Gasteiger partial charge in [-0.2, -0.15) is 4.98 Å². The van der Waals surface area contributed by atoms with Crippen molar-refractivity contribution in [2.45, 2.75) is 22.5 Å². The van der Waals surface area contributed by atoms with Crippen molar-refractivity contribution in [2.24, 2.45) is 0 Å². The lowest BCUT2D eigenvalue weighted by molar-refractivity contribution is -0.0178. The Morgan fingerprint density at radius 3 is 2.84 bits per heavy atom. The number of nitrogen functional groups attached to an aromatic ring is 1. The number of rotatable bonds is 1. The van der Waals surface area contributed by atoms with E-state index >= 15 is 0 Å². The molecular weight excluding hydrogens is 369 g/mol. The van der Waals surface area contributed by atoms with E-state index in [1.165, 1.54) is 10.9 Å². The lowest BCUT2D eigenvalue weighted by atomic mass is 10.2. The predicted molar refractivity (Wildman–Crippen MR) is 72.5 cm³/mol. The molecule has 0 radical (unpaired) electrons. The van der Waals surface area contributed by atoms with Crippen LogP contribution < -0.4 is 11.3 Å². The van der Waals surface area contributed by atoms with Crippen molar-refractivity contribution in [2.75, 3.05) is 5.73 Å². The summed E-state index contributed by atoms with van der Waals surface area (Å²) in [5.74, 6) is -0.0571. The maximum Gasteiger partial charge on any atom is 0.280 e. The number of aliphatic hydroxyl groups excluding tert-OH is 2. The van der Waals surface area contributed by atoms with Crippen molar-refractivity contribution in [1.82, 2.24) is 19.5 Å². The van der Waals surface area contributed by atoms with Gasteiger partial charge in [0.2, 0.25) is 5.95 Å². The fourth-order valence-electron chi connectivity index (χ4n) is 1.98. The van der Waals surface area contributed by atoms with Gasteiger partial charge in [-0.05, 0) is 22.6 Å². The quantitative estimate of drug-likeness (QED) is 0.357. The normalized spacial score (nSPS) is 31.1. The van der Waals surface area contributed by atoms with Crippen molar-refractivity contribution in [3.05, 3.63) is 16.7 Å². The van der Waals surface area contributed by atoms with Crippen molar-refractivity contribution < 1.29 is 14.9 Å². The van der Waals surface area contributed by atoms with E-state index in [2.05, 4.69) is 15.0 Å². The summed E-state index contributed by atoms with van der Waals surface area (Å²) in [5, 5.41) is 19.6. The van der Waals surface area contributed by atoms with Gasteiger partial charge in [-0.25, -0.2) is 4.98 Å². The summed E-state index contributed by atoms with van der Waals surface area (Å²) in [4.78, 5) is 21.8.